The van der Waals surface area contributed by atoms with E-state index in [1.807, 2.05) is 35.5 Å². The summed E-state index contributed by atoms with van der Waals surface area (Å²) in [5.41, 5.74) is 7.67. The highest BCUT2D eigenvalue weighted by Crippen LogP contribution is 2.35. The fraction of sp³-hybridized carbons (Fsp3) is 0.474. The van der Waals surface area contributed by atoms with E-state index in [1.165, 1.54) is 24.1 Å². The molecule has 0 spiro atoms. The molecule has 0 radical (unpaired) electrons. The van der Waals surface area contributed by atoms with Crippen LogP contribution in [0.5, 0.6) is 0 Å². The lowest BCUT2D eigenvalue weighted by Gasteiger charge is -2.47. The molecule has 2 saturated heterocycles. The van der Waals surface area contributed by atoms with Crippen LogP contribution in [0.3, 0.4) is 0 Å². The highest BCUT2D eigenvalue weighted by molar-refractivity contribution is 6.06. The van der Waals surface area contributed by atoms with E-state index in [0.717, 1.165) is 86.7 Å². The number of anilines is 4. The van der Waals surface area contributed by atoms with Gasteiger partial charge in [0, 0.05) is 75.0 Å². The molecular weight excluding hydrogens is 616 g/mol. The second-order valence-corrected chi connectivity index (χ2v) is 13.9. The van der Waals surface area contributed by atoms with Crippen molar-refractivity contribution in [3.8, 4) is 11.1 Å². The molecule has 0 saturated carbocycles. The third-order valence-corrected chi connectivity index (χ3v) is 11.0. The second-order valence-electron chi connectivity index (χ2n) is 13.9. The van der Waals surface area contributed by atoms with Crippen molar-refractivity contribution in [2.75, 3.05) is 54.5 Å². The quantitative estimate of drug-likeness (QED) is 0.288. The SMILES string of the molecule is CCc1c(-c2cc(Nc3ccc(N4CCN(C5COC5)C[C@@H]4CC)cn3)c(=O)n(C)c2)ccnc1N1CCn2c(cc3c2CCCC3)C1=O. The fourth-order valence-corrected chi connectivity index (χ4v) is 8.22. The zero-order chi connectivity index (χ0) is 33.6. The van der Waals surface area contributed by atoms with Crippen molar-refractivity contribution in [3.05, 3.63) is 81.8 Å². The lowest BCUT2D eigenvalue weighted by molar-refractivity contribution is -0.0698. The summed E-state index contributed by atoms with van der Waals surface area (Å²) in [4.78, 5) is 43.6. The summed E-state index contributed by atoms with van der Waals surface area (Å²) in [6, 6.07) is 11.0. The van der Waals surface area contributed by atoms with Gasteiger partial charge in [-0.3, -0.25) is 19.4 Å². The molecule has 1 N–H and O–H groups in total. The molecule has 1 aliphatic carbocycles. The molecule has 1 amide bonds. The van der Waals surface area contributed by atoms with Gasteiger partial charge in [-0.2, -0.15) is 0 Å². The Kier molecular flexibility index (Phi) is 8.49. The van der Waals surface area contributed by atoms with Gasteiger partial charge in [-0.05, 0) is 80.0 Å². The molecule has 1 atom stereocenters. The Morgan fingerprint density at radius 3 is 2.59 bits per heavy atom. The summed E-state index contributed by atoms with van der Waals surface area (Å²) in [7, 11) is 1.77. The molecule has 3 aliphatic heterocycles. The number of amides is 1. The van der Waals surface area contributed by atoms with Crippen molar-refractivity contribution in [2.45, 2.75) is 71.0 Å². The van der Waals surface area contributed by atoms with E-state index >= 15 is 0 Å². The molecule has 11 heteroatoms. The Labute approximate surface area is 287 Å². The second kappa shape index (κ2) is 13.1. The number of fused-ring (bicyclic) bond motifs is 3. The maximum absolute atomic E-state index is 13.9. The van der Waals surface area contributed by atoms with Crippen LogP contribution in [-0.2, 0) is 37.6 Å². The number of nitrogens with zero attached hydrogens (tertiary/aromatic N) is 7. The van der Waals surface area contributed by atoms with Crippen molar-refractivity contribution in [1.29, 1.82) is 0 Å². The number of aromatic nitrogens is 4. The van der Waals surface area contributed by atoms with Crippen molar-refractivity contribution in [3.63, 3.8) is 0 Å². The van der Waals surface area contributed by atoms with E-state index in [0.29, 0.717) is 42.4 Å². The van der Waals surface area contributed by atoms with Gasteiger partial charge < -0.3 is 24.1 Å². The van der Waals surface area contributed by atoms with Crippen LogP contribution >= 0.6 is 0 Å². The normalized spacial score (nSPS) is 19.8. The summed E-state index contributed by atoms with van der Waals surface area (Å²) in [6.07, 6.45) is 11.8. The van der Waals surface area contributed by atoms with Gasteiger partial charge in [-0.1, -0.05) is 13.8 Å². The van der Waals surface area contributed by atoms with Crippen LogP contribution in [0.25, 0.3) is 11.1 Å². The van der Waals surface area contributed by atoms with Gasteiger partial charge in [0.05, 0.1) is 31.1 Å². The zero-order valence-corrected chi connectivity index (χ0v) is 28.8. The number of hydrogen-bond acceptors (Lipinski definition) is 8. The van der Waals surface area contributed by atoms with Gasteiger partial charge in [0.2, 0.25) is 0 Å². The number of rotatable bonds is 8. The first-order chi connectivity index (χ1) is 23.9. The number of hydrogen-bond donors (Lipinski definition) is 1. The molecule has 7 heterocycles. The van der Waals surface area contributed by atoms with E-state index in [2.05, 4.69) is 45.7 Å². The minimum absolute atomic E-state index is 0.0115. The molecule has 8 rings (SSSR count). The molecule has 0 aromatic carbocycles. The van der Waals surface area contributed by atoms with Crippen LogP contribution in [0, 0.1) is 0 Å². The molecule has 0 bridgehead atoms. The van der Waals surface area contributed by atoms with Crippen LogP contribution in [0.4, 0.5) is 23.0 Å². The number of aryl methyl sites for hydroxylation is 2. The summed E-state index contributed by atoms with van der Waals surface area (Å²) in [5, 5.41) is 3.30. The van der Waals surface area contributed by atoms with E-state index in [4.69, 9.17) is 14.7 Å². The number of carbonyl (C=O) groups is 1. The molecule has 49 heavy (non-hydrogen) atoms. The Hall–Kier alpha value is -4.48. The largest absolute Gasteiger partial charge is 0.378 e. The minimum Gasteiger partial charge on any atom is -0.378 e. The molecule has 4 aliphatic rings. The van der Waals surface area contributed by atoms with Crippen LogP contribution in [-0.4, -0.2) is 81.4 Å². The van der Waals surface area contributed by atoms with Crippen molar-refractivity contribution >= 4 is 28.9 Å². The van der Waals surface area contributed by atoms with Gasteiger partial charge in [0.25, 0.3) is 11.5 Å². The number of ether oxygens (including phenoxy) is 1. The van der Waals surface area contributed by atoms with Crippen LogP contribution in [0.15, 0.2) is 53.7 Å². The van der Waals surface area contributed by atoms with Crippen LogP contribution in [0.2, 0.25) is 0 Å². The molecule has 2 fully saturated rings. The predicted molar refractivity (Wildman–Crippen MR) is 192 cm³/mol. The Morgan fingerprint density at radius 2 is 1.84 bits per heavy atom. The van der Waals surface area contributed by atoms with E-state index in [9.17, 15) is 9.59 Å². The zero-order valence-electron chi connectivity index (χ0n) is 28.8. The van der Waals surface area contributed by atoms with Gasteiger partial charge in [0.15, 0.2) is 0 Å². The summed E-state index contributed by atoms with van der Waals surface area (Å²) < 4.78 is 9.28. The predicted octanol–water partition coefficient (Wildman–Crippen LogP) is 4.79. The summed E-state index contributed by atoms with van der Waals surface area (Å²) in [6.45, 7) is 10.4. The molecular formula is C38H46N8O3. The molecule has 0 unspecified atom stereocenters. The highest BCUT2D eigenvalue weighted by atomic mass is 16.5. The average Bonchev–Trinajstić information content (AvgIpc) is 3.49. The summed E-state index contributed by atoms with van der Waals surface area (Å²) >= 11 is 0. The number of carbonyl (C=O) groups excluding carboxylic acids is 1. The van der Waals surface area contributed by atoms with Gasteiger partial charge >= 0.3 is 0 Å². The van der Waals surface area contributed by atoms with Crippen molar-refractivity contribution < 1.29 is 9.53 Å². The average molecular weight is 663 g/mol. The maximum atomic E-state index is 13.9. The van der Waals surface area contributed by atoms with Crippen LogP contribution in [0.1, 0.15) is 60.4 Å². The Bertz CT molecular complexity index is 1930. The molecule has 4 aromatic rings. The van der Waals surface area contributed by atoms with E-state index in [1.54, 1.807) is 17.8 Å². The first-order valence-electron chi connectivity index (χ1n) is 18.0. The number of piperazine rings is 1. The lowest BCUT2D eigenvalue weighted by atomic mass is 9.98. The molecule has 4 aromatic heterocycles. The van der Waals surface area contributed by atoms with Crippen molar-refractivity contribution in [1.82, 2.24) is 24.0 Å². The Balaban J connectivity index is 1.04. The maximum Gasteiger partial charge on any atom is 0.276 e. The van der Waals surface area contributed by atoms with E-state index in [-0.39, 0.29) is 11.5 Å². The van der Waals surface area contributed by atoms with Gasteiger partial charge in [-0.15, -0.1) is 0 Å². The minimum atomic E-state index is -0.139. The van der Waals surface area contributed by atoms with Crippen LogP contribution < -0.4 is 20.7 Å². The standard InChI is InChI=1S/C38H46N8O3/c1-4-27-22-43(29-23-49-24-29)14-15-44(27)28-10-11-35(40-20-28)41-32-18-26(21-42(3)37(32)47)31-12-13-39-36(30(31)5-2)46-17-16-45-33-9-7-6-8-25(33)19-34(45)38(46)48/h10-13,18-21,27,29H,4-9,14-17,22-24H2,1-3H3,(H,40,41)/t27-/m0/s1. The number of pyridine rings is 3. The van der Waals surface area contributed by atoms with E-state index < -0.39 is 0 Å². The van der Waals surface area contributed by atoms with Gasteiger partial charge in [0.1, 0.15) is 23.0 Å². The number of nitrogens with one attached hydrogen (secondary N) is 1. The third kappa shape index (κ3) is 5.72. The smallest absolute Gasteiger partial charge is 0.276 e. The van der Waals surface area contributed by atoms with Crippen molar-refractivity contribution in [2.24, 2.45) is 7.05 Å². The monoisotopic (exact) mass is 662 g/mol. The molecule has 256 valence electrons. The lowest BCUT2D eigenvalue weighted by Crippen LogP contribution is -2.60. The third-order valence-electron chi connectivity index (χ3n) is 11.0. The molecule has 11 nitrogen and oxygen atoms in total. The summed E-state index contributed by atoms with van der Waals surface area (Å²) in [5.74, 6) is 1.33. The fourth-order valence-electron chi connectivity index (χ4n) is 8.22. The van der Waals surface area contributed by atoms with Gasteiger partial charge in [-0.25, -0.2) is 9.97 Å². The first kappa shape index (κ1) is 31.8. The Morgan fingerprint density at radius 1 is 0.980 bits per heavy atom. The first-order valence-corrected chi connectivity index (χ1v) is 18.0. The topological polar surface area (TPSA) is 101 Å². The highest BCUT2D eigenvalue weighted by Gasteiger charge is 2.34.